The van der Waals surface area contributed by atoms with Crippen molar-refractivity contribution in [1.82, 2.24) is 9.55 Å². The molecule has 8 nitrogen and oxygen atoms in total. The number of ketones is 1. The number of rotatable bonds is 3. The molecule has 8 heteroatoms. The van der Waals surface area contributed by atoms with Crippen LogP contribution in [0.5, 0.6) is 11.5 Å². The summed E-state index contributed by atoms with van der Waals surface area (Å²) in [4.78, 5) is 42.3. The second kappa shape index (κ2) is 7.73. The van der Waals surface area contributed by atoms with Crippen molar-refractivity contribution in [2.75, 3.05) is 12.1 Å². The quantitative estimate of drug-likeness (QED) is 0.606. The Morgan fingerprint density at radius 2 is 1.77 bits per heavy atom. The summed E-state index contributed by atoms with van der Waals surface area (Å²) in [5, 5.41) is 3.35. The fraction of sp³-hybridized carbons (Fsp3) is 0.296. The molecule has 0 radical (unpaired) electrons. The van der Waals surface area contributed by atoms with Crippen LogP contribution in [0.1, 0.15) is 49.3 Å². The van der Waals surface area contributed by atoms with Gasteiger partial charge in [0.2, 0.25) is 6.79 Å². The summed E-state index contributed by atoms with van der Waals surface area (Å²) in [5.41, 5.74) is 2.10. The number of fused-ring (bicyclic) bond motifs is 2. The maximum Gasteiger partial charge on any atom is 0.330 e. The van der Waals surface area contributed by atoms with Crippen LogP contribution >= 0.6 is 0 Å². The topological polar surface area (TPSA) is 102 Å². The standard InChI is InChI=1S/C27H25N3O5/c1-27(2)11-17-22(18(31)12-27)21(16-8-9-19-20(10-16)35-14-34-19)23-24(28-17)30(26(33)29-25(23)32)13-15-6-4-3-5-7-15/h3-10,21,28H,11-14H2,1-2H3,(H,29,32,33). The molecule has 6 rings (SSSR count). The first kappa shape index (κ1) is 21.5. The highest BCUT2D eigenvalue weighted by atomic mass is 16.7. The monoisotopic (exact) mass is 471 g/mol. The fourth-order valence-electron chi connectivity index (χ4n) is 5.40. The first-order valence-corrected chi connectivity index (χ1v) is 11.6. The molecular weight excluding hydrogens is 446 g/mol. The normalized spacial score (nSPS) is 19.7. The number of H-pyrrole nitrogens is 1. The molecule has 1 unspecified atom stereocenters. The van der Waals surface area contributed by atoms with Gasteiger partial charge in [0.25, 0.3) is 5.56 Å². The zero-order chi connectivity index (χ0) is 24.3. The number of hydrogen-bond donors (Lipinski definition) is 2. The van der Waals surface area contributed by atoms with Crippen LogP contribution in [0.15, 0.2) is 69.4 Å². The predicted octanol–water partition coefficient (Wildman–Crippen LogP) is 3.51. The number of nitrogens with zero attached hydrogens (tertiary/aromatic N) is 1. The van der Waals surface area contributed by atoms with Gasteiger partial charge in [-0.25, -0.2) is 4.79 Å². The summed E-state index contributed by atoms with van der Waals surface area (Å²) in [6, 6.07) is 15.1. The number of aromatic amines is 1. The second-order valence-electron chi connectivity index (χ2n) is 10.1. The molecule has 1 aromatic heterocycles. The van der Waals surface area contributed by atoms with Crippen LogP contribution in [0.2, 0.25) is 0 Å². The van der Waals surface area contributed by atoms with Crippen molar-refractivity contribution < 1.29 is 14.3 Å². The molecule has 2 N–H and O–H groups in total. The summed E-state index contributed by atoms with van der Waals surface area (Å²) in [7, 11) is 0. The van der Waals surface area contributed by atoms with Gasteiger partial charge < -0.3 is 14.8 Å². The van der Waals surface area contributed by atoms with Crippen LogP contribution < -0.4 is 26.0 Å². The largest absolute Gasteiger partial charge is 0.454 e. The number of carbonyl (C=O) groups is 1. The average Bonchev–Trinajstić information content (AvgIpc) is 3.28. The van der Waals surface area contributed by atoms with Gasteiger partial charge in [-0.3, -0.25) is 19.1 Å². The third-order valence-corrected chi connectivity index (χ3v) is 6.92. The number of hydrogen-bond acceptors (Lipinski definition) is 6. The number of Topliss-reactive ketones (excluding diaryl/α,β-unsaturated/α-hetero) is 1. The second-order valence-corrected chi connectivity index (χ2v) is 10.1. The van der Waals surface area contributed by atoms with Gasteiger partial charge >= 0.3 is 5.69 Å². The Hall–Kier alpha value is -4.07. The van der Waals surface area contributed by atoms with Crippen LogP contribution in [0.3, 0.4) is 0 Å². The van der Waals surface area contributed by atoms with E-state index in [0.717, 1.165) is 16.8 Å². The number of allylic oxidation sites excluding steroid dienone is 2. The van der Waals surface area contributed by atoms with Gasteiger partial charge in [0, 0.05) is 23.6 Å². The molecule has 0 spiro atoms. The van der Waals surface area contributed by atoms with E-state index in [4.69, 9.17) is 9.47 Å². The maximum atomic E-state index is 13.5. The summed E-state index contributed by atoms with van der Waals surface area (Å²) in [5.74, 6) is 0.982. The van der Waals surface area contributed by atoms with E-state index in [2.05, 4.69) is 24.1 Å². The van der Waals surface area contributed by atoms with E-state index >= 15 is 0 Å². The Kier molecular flexibility index (Phi) is 4.74. The molecule has 2 aliphatic heterocycles. The number of carbonyl (C=O) groups excluding carboxylic acids is 1. The zero-order valence-corrected chi connectivity index (χ0v) is 19.5. The van der Waals surface area contributed by atoms with Crippen molar-refractivity contribution in [2.45, 2.75) is 39.2 Å². The Morgan fingerprint density at radius 3 is 2.57 bits per heavy atom. The van der Waals surface area contributed by atoms with Crippen molar-refractivity contribution in [1.29, 1.82) is 0 Å². The minimum atomic E-state index is -0.634. The van der Waals surface area contributed by atoms with Gasteiger partial charge in [0.1, 0.15) is 5.82 Å². The first-order chi connectivity index (χ1) is 16.8. The molecular formula is C27H25N3O5. The van der Waals surface area contributed by atoms with Gasteiger partial charge in [-0.2, -0.15) is 0 Å². The highest BCUT2D eigenvalue weighted by Crippen LogP contribution is 2.49. The smallest absolute Gasteiger partial charge is 0.330 e. The number of ether oxygens (including phenoxy) is 2. The molecule has 35 heavy (non-hydrogen) atoms. The highest BCUT2D eigenvalue weighted by Gasteiger charge is 2.43. The molecule has 2 aromatic carbocycles. The Morgan fingerprint density at radius 1 is 1.00 bits per heavy atom. The summed E-state index contributed by atoms with van der Waals surface area (Å²) in [6.45, 7) is 4.51. The van der Waals surface area contributed by atoms with Crippen LogP contribution in [0.4, 0.5) is 5.82 Å². The van der Waals surface area contributed by atoms with Gasteiger partial charge in [0.05, 0.1) is 12.1 Å². The molecule has 0 amide bonds. The Balaban J connectivity index is 1.60. The number of nitrogens with one attached hydrogen (secondary N) is 2. The lowest BCUT2D eigenvalue weighted by Gasteiger charge is -2.39. The number of aromatic nitrogens is 2. The molecule has 0 bridgehead atoms. The lowest BCUT2D eigenvalue weighted by Crippen LogP contribution is -2.42. The van der Waals surface area contributed by atoms with Gasteiger partial charge in [-0.15, -0.1) is 0 Å². The molecule has 3 heterocycles. The van der Waals surface area contributed by atoms with Crippen LogP contribution in [0.25, 0.3) is 0 Å². The molecule has 178 valence electrons. The van der Waals surface area contributed by atoms with E-state index in [9.17, 15) is 14.4 Å². The maximum absolute atomic E-state index is 13.5. The van der Waals surface area contributed by atoms with Crippen LogP contribution in [-0.4, -0.2) is 22.1 Å². The number of benzene rings is 2. The average molecular weight is 472 g/mol. The fourth-order valence-corrected chi connectivity index (χ4v) is 5.40. The van der Waals surface area contributed by atoms with Gasteiger partial charge in [-0.05, 0) is 35.1 Å². The number of anilines is 1. The third kappa shape index (κ3) is 3.56. The highest BCUT2D eigenvalue weighted by molar-refractivity contribution is 6.01. The molecule has 0 fully saturated rings. The summed E-state index contributed by atoms with van der Waals surface area (Å²) in [6.07, 6.45) is 1.01. The van der Waals surface area contributed by atoms with Crippen LogP contribution in [0, 0.1) is 5.41 Å². The minimum absolute atomic E-state index is 0.00252. The van der Waals surface area contributed by atoms with Crippen LogP contribution in [-0.2, 0) is 11.3 Å². The summed E-state index contributed by atoms with van der Waals surface area (Å²) < 4.78 is 12.6. The van der Waals surface area contributed by atoms with Crippen molar-refractivity contribution >= 4 is 11.6 Å². The van der Waals surface area contributed by atoms with E-state index in [1.807, 2.05) is 42.5 Å². The lowest BCUT2D eigenvalue weighted by atomic mass is 9.69. The first-order valence-electron chi connectivity index (χ1n) is 11.6. The van der Waals surface area contributed by atoms with E-state index < -0.39 is 17.2 Å². The van der Waals surface area contributed by atoms with Crippen molar-refractivity contribution in [3.05, 3.63) is 97.3 Å². The minimum Gasteiger partial charge on any atom is -0.454 e. The molecule has 3 aliphatic rings. The van der Waals surface area contributed by atoms with Gasteiger partial charge in [-0.1, -0.05) is 50.2 Å². The molecule has 1 aliphatic carbocycles. The molecule has 0 saturated heterocycles. The zero-order valence-electron chi connectivity index (χ0n) is 19.5. The van der Waals surface area contributed by atoms with Crippen molar-refractivity contribution in [3.8, 4) is 11.5 Å². The lowest BCUT2D eigenvalue weighted by molar-refractivity contribution is -0.118. The van der Waals surface area contributed by atoms with E-state index in [1.54, 1.807) is 10.6 Å². The predicted molar refractivity (Wildman–Crippen MR) is 130 cm³/mol. The molecule has 1 atom stereocenters. The van der Waals surface area contributed by atoms with Crippen molar-refractivity contribution in [2.24, 2.45) is 5.41 Å². The SMILES string of the molecule is CC1(C)CC(=O)C2=C(C1)Nc1c(c(=O)[nH]c(=O)n1Cc1ccccc1)C2c1ccc2c(c1)OCO2. The Labute approximate surface area is 201 Å². The third-order valence-electron chi connectivity index (χ3n) is 6.92. The summed E-state index contributed by atoms with van der Waals surface area (Å²) >= 11 is 0. The van der Waals surface area contributed by atoms with E-state index in [-0.39, 0.29) is 24.5 Å². The van der Waals surface area contributed by atoms with E-state index in [0.29, 0.717) is 41.3 Å². The molecule has 0 saturated carbocycles. The van der Waals surface area contributed by atoms with E-state index in [1.165, 1.54) is 0 Å². The molecule has 3 aromatic rings. The van der Waals surface area contributed by atoms with Crippen molar-refractivity contribution in [3.63, 3.8) is 0 Å². The Bertz CT molecular complexity index is 1510. The van der Waals surface area contributed by atoms with Gasteiger partial charge in [0.15, 0.2) is 17.3 Å².